The monoisotopic (exact) mass is 399 g/mol. The van der Waals surface area contributed by atoms with Gasteiger partial charge in [0.1, 0.15) is 4.90 Å². The molecule has 0 aromatic heterocycles. The van der Waals surface area contributed by atoms with Crippen molar-refractivity contribution >= 4 is 39.7 Å². The number of hydrogen-bond acceptors (Lipinski definition) is 5. The van der Waals surface area contributed by atoms with Crippen molar-refractivity contribution < 1.29 is 12.7 Å². The molecule has 0 saturated carbocycles. The van der Waals surface area contributed by atoms with Gasteiger partial charge < -0.3 is 0 Å². The van der Waals surface area contributed by atoms with Crippen LogP contribution in [0.1, 0.15) is 35.6 Å². The Bertz CT molecular complexity index is 1020. The van der Waals surface area contributed by atoms with Crippen molar-refractivity contribution in [1.29, 1.82) is 0 Å². The molecule has 2 aromatic carbocycles. The maximum absolute atomic E-state index is 12.4. The molecule has 0 saturated heterocycles. The number of fused-ring (bicyclic) bond motifs is 1. The zero-order valence-electron chi connectivity index (χ0n) is 15.3. The highest BCUT2D eigenvalue weighted by Gasteiger charge is 2.24. The Kier molecular flexibility index (Phi) is 5.58. The molecule has 27 heavy (non-hydrogen) atoms. The minimum Gasteiger partial charge on any atom is -0.264 e. The van der Waals surface area contributed by atoms with Crippen molar-refractivity contribution in [2.24, 2.45) is 5.16 Å². The summed E-state index contributed by atoms with van der Waals surface area (Å²) in [6.07, 6.45) is 4.15. The van der Waals surface area contributed by atoms with Crippen molar-refractivity contribution in [2.75, 3.05) is 0 Å². The van der Waals surface area contributed by atoms with Gasteiger partial charge in [-0.15, -0.1) is 11.8 Å². The second-order valence-corrected chi connectivity index (χ2v) is 9.41. The Balaban J connectivity index is 1.99. The van der Waals surface area contributed by atoms with Gasteiger partial charge >= 0.3 is 10.1 Å². The van der Waals surface area contributed by atoms with Crippen LogP contribution in [0.5, 0.6) is 0 Å². The van der Waals surface area contributed by atoms with Crippen LogP contribution in [0, 0.1) is 6.92 Å². The second kappa shape index (κ2) is 7.74. The molecule has 1 atom stereocenters. The Morgan fingerprint density at radius 3 is 2.41 bits per heavy atom. The summed E-state index contributed by atoms with van der Waals surface area (Å²) >= 11 is 1.73. The van der Waals surface area contributed by atoms with Gasteiger partial charge in [-0.1, -0.05) is 55.1 Å². The fraction of sp³-hybridized carbons (Fsp3) is 0.190. The molecular formula is C21H21NO3S2. The van der Waals surface area contributed by atoms with Gasteiger partial charge in [-0.25, -0.2) is 0 Å². The highest BCUT2D eigenvalue weighted by molar-refractivity contribution is 8.00. The van der Waals surface area contributed by atoms with Crippen LogP contribution in [0.2, 0.25) is 0 Å². The average molecular weight is 400 g/mol. The molecule has 1 heterocycles. The molecule has 1 unspecified atom stereocenters. The third-order valence-electron chi connectivity index (χ3n) is 4.30. The molecule has 0 fully saturated rings. The van der Waals surface area contributed by atoms with Gasteiger partial charge in [0.05, 0.1) is 5.71 Å². The minimum atomic E-state index is -3.96. The number of benzene rings is 2. The van der Waals surface area contributed by atoms with E-state index in [1.54, 1.807) is 36.0 Å². The highest BCUT2D eigenvalue weighted by Crippen LogP contribution is 2.37. The van der Waals surface area contributed by atoms with Crippen LogP contribution in [-0.2, 0) is 14.4 Å². The van der Waals surface area contributed by atoms with Crippen molar-refractivity contribution in [3.05, 3.63) is 71.8 Å². The highest BCUT2D eigenvalue weighted by atomic mass is 32.2. The van der Waals surface area contributed by atoms with Crippen molar-refractivity contribution in [3.63, 3.8) is 0 Å². The summed E-state index contributed by atoms with van der Waals surface area (Å²) in [7, 11) is -3.96. The van der Waals surface area contributed by atoms with Gasteiger partial charge in [0.25, 0.3) is 0 Å². The maximum Gasteiger partial charge on any atom is 0.358 e. The Hall–Kier alpha value is -2.31. The number of nitrogens with zero attached hydrogens (tertiary/aromatic N) is 1. The quantitative estimate of drug-likeness (QED) is 0.642. The number of rotatable bonds is 5. The maximum atomic E-state index is 12.4. The largest absolute Gasteiger partial charge is 0.358 e. The van der Waals surface area contributed by atoms with Crippen LogP contribution < -0.4 is 0 Å². The first-order valence-electron chi connectivity index (χ1n) is 8.51. The van der Waals surface area contributed by atoms with Crippen LogP contribution in [0.15, 0.2) is 64.5 Å². The van der Waals surface area contributed by atoms with Crippen LogP contribution in [0.4, 0.5) is 0 Å². The molecule has 4 nitrogen and oxygen atoms in total. The van der Waals surface area contributed by atoms with E-state index in [2.05, 4.69) is 25.2 Å². The van der Waals surface area contributed by atoms with E-state index in [-0.39, 0.29) is 10.1 Å². The summed E-state index contributed by atoms with van der Waals surface area (Å²) in [4.78, 5) is 1.12. The van der Waals surface area contributed by atoms with Gasteiger partial charge in [-0.05, 0) is 42.3 Å². The SMILES string of the molecule is C=Cc1cc2c(cc1C=C)C(=NOS(=O)(=O)c1ccc(C)cc1)CC(C)S2. The van der Waals surface area contributed by atoms with Crippen molar-refractivity contribution in [2.45, 2.75) is 35.3 Å². The molecule has 6 heteroatoms. The van der Waals surface area contributed by atoms with E-state index in [1.165, 1.54) is 12.1 Å². The van der Waals surface area contributed by atoms with Gasteiger partial charge in [-0.2, -0.15) is 8.42 Å². The van der Waals surface area contributed by atoms with Crippen LogP contribution >= 0.6 is 11.8 Å². The van der Waals surface area contributed by atoms with Crippen molar-refractivity contribution in [1.82, 2.24) is 0 Å². The summed E-state index contributed by atoms with van der Waals surface area (Å²) in [5.41, 5.74) is 4.37. The molecule has 1 aliphatic heterocycles. The number of oxime groups is 1. The summed E-state index contributed by atoms with van der Waals surface area (Å²) in [5, 5.41) is 4.29. The van der Waals surface area contributed by atoms with E-state index < -0.39 is 10.1 Å². The molecule has 0 bridgehead atoms. The summed E-state index contributed by atoms with van der Waals surface area (Å²) in [6.45, 7) is 11.7. The molecule has 0 spiro atoms. The third kappa shape index (κ3) is 4.17. The van der Waals surface area contributed by atoms with E-state index in [9.17, 15) is 8.42 Å². The molecular weight excluding hydrogens is 378 g/mol. The first kappa shape index (κ1) is 19.5. The molecule has 2 aromatic rings. The molecule has 0 N–H and O–H groups in total. The van der Waals surface area contributed by atoms with Crippen molar-refractivity contribution in [3.8, 4) is 0 Å². The molecule has 0 aliphatic carbocycles. The fourth-order valence-corrected chi connectivity index (χ4v) is 4.77. The van der Waals surface area contributed by atoms with E-state index in [0.717, 1.165) is 27.1 Å². The standard InChI is InChI=1S/C21H21NO3S2/c1-5-16-12-19-20(11-15(4)26-21(19)13-17(16)6-2)22-25-27(23,24)18-9-7-14(3)8-10-18/h5-10,12-13,15H,1-2,11H2,3-4H3. The lowest BCUT2D eigenvalue weighted by Crippen LogP contribution is -2.17. The second-order valence-electron chi connectivity index (χ2n) is 6.40. The summed E-state index contributed by atoms with van der Waals surface area (Å²) in [6, 6.07) is 10.5. The summed E-state index contributed by atoms with van der Waals surface area (Å²) in [5.74, 6) is 0. The summed E-state index contributed by atoms with van der Waals surface area (Å²) < 4.78 is 29.9. The number of thioether (sulfide) groups is 1. The molecule has 140 valence electrons. The third-order valence-corrected chi connectivity index (χ3v) is 6.58. The van der Waals surface area contributed by atoms with Gasteiger partial charge in [-0.3, -0.25) is 4.28 Å². The van der Waals surface area contributed by atoms with E-state index in [4.69, 9.17) is 4.28 Å². The molecule has 0 amide bonds. The first-order chi connectivity index (χ1) is 12.8. The van der Waals surface area contributed by atoms with Gasteiger partial charge in [0.15, 0.2) is 0 Å². The predicted molar refractivity (Wildman–Crippen MR) is 113 cm³/mol. The lowest BCUT2D eigenvalue weighted by Gasteiger charge is -2.23. The van der Waals surface area contributed by atoms with Crippen LogP contribution in [-0.4, -0.2) is 19.4 Å². The Morgan fingerprint density at radius 2 is 1.78 bits per heavy atom. The first-order valence-corrected chi connectivity index (χ1v) is 10.8. The number of hydrogen-bond donors (Lipinski definition) is 0. The smallest absolute Gasteiger partial charge is 0.264 e. The van der Waals surface area contributed by atoms with Crippen LogP contribution in [0.3, 0.4) is 0 Å². The van der Waals surface area contributed by atoms with Crippen LogP contribution in [0.25, 0.3) is 12.2 Å². The van der Waals surface area contributed by atoms with Gasteiger partial charge in [0.2, 0.25) is 0 Å². The predicted octanol–water partition coefficient (Wildman–Crippen LogP) is 5.27. The Labute approximate surface area is 164 Å². The normalized spacial score (nSPS) is 18.0. The molecule has 3 rings (SSSR count). The van der Waals surface area contributed by atoms with E-state index in [0.29, 0.717) is 12.1 Å². The zero-order chi connectivity index (χ0) is 19.6. The minimum absolute atomic E-state index is 0.0877. The lowest BCUT2D eigenvalue weighted by molar-refractivity contribution is 0.337. The average Bonchev–Trinajstić information content (AvgIpc) is 2.65. The number of aryl methyl sites for hydroxylation is 1. The Morgan fingerprint density at radius 1 is 1.15 bits per heavy atom. The van der Waals surface area contributed by atoms with E-state index >= 15 is 0 Å². The molecule has 1 aliphatic rings. The zero-order valence-corrected chi connectivity index (χ0v) is 16.9. The fourth-order valence-electron chi connectivity index (χ4n) is 2.86. The van der Waals surface area contributed by atoms with Gasteiger partial charge in [0, 0.05) is 22.1 Å². The lowest BCUT2D eigenvalue weighted by atomic mass is 9.98. The van der Waals surface area contributed by atoms with E-state index in [1.807, 2.05) is 19.1 Å². The topological polar surface area (TPSA) is 55.7 Å². The molecule has 0 radical (unpaired) electrons.